The molecule has 1 aromatic heterocycles. The maximum atomic E-state index is 10.8. The smallest absolute Gasteiger partial charge is 0.325 e. The number of nitrogens with zero attached hydrogens (tertiary/aromatic N) is 2. The Hall–Kier alpha value is -2.05. The Kier molecular flexibility index (Phi) is 3.67. The normalized spacial score (nSPS) is 9.47. The minimum absolute atomic E-state index is 0.0100. The van der Waals surface area contributed by atoms with Gasteiger partial charge in [0.1, 0.15) is 12.4 Å². The largest absolute Gasteiger partial charge is 0.481 e. The van der Waals surface area contributed by atoms with Crippen LogP contribution >= 0.6 is 0 Å². The topological polar surface area (TPSA) is 99.4 Å². The molecule has 0 aliphatic rings. The van der Waals surface area contributed by atoms with Crippen LogP contribution in [0.4, 0.5) is 11.8 Å². The summed E-state index contributed by atoms with van der Waals surface area (Å²) in [5, 5.41) is 2.73. The van der Waals surface area contributed by atoms with Crippen molar-refractivity contribution in [3.05, 3.63) is 6.07 Å². The number of nitrogens with one attached hydrogen (secondary N) is 1. The molecule has 1 rings (SSSR count). The lowest BCUT2D eigenvalue weighted by Gasteiger charge is -2.06. The average molecular weight is 212 g/mol. The minimum Gasteiger partial charge on any atom is -0.481 e. The van der Waals surface area contributed by atoms with E-state index in [1.54, 1.807) is 0 Å². The van der Waals surface area contributed by atoms with E-state index in [1.807, 2.05) is 0 Å². The van der Waals surface area contributed by atoms with Gasteiger partial charge in [-0.1, -0.05) is 0 Å². The number of hydrogen-bond donors (Lipinski definition) is 2. The fourth-order valence-electron chi connectivity index (χ4n) is 0.873. The third-order valence-electron chi connectivity index (χ3n) is 1.57. The zero-order valence-corrected chi connectivity index (χ0v) is 8.48. The van der Waals surface area contributed by atoms with Crippen molar-refractivity contribution in [1.29, 1.82) is 0 Å². The van der Waals surface area contributed by atoms with Crippen LogP contribution in [0.15, 0.2) is 6.07 Å². The highest BCUT2D eigenvalue weighted by molar-refractivity contribution is 5.74. The first-order chi connectivity index (χ1) is 7.15. The molecule has 0 atom stereocenters. The van der Waals surface area contributed by atoms with Crippen molar-refractivity contribution in [2.75, 3.05) is 31.8 Å². The summed E-state index contributed by atoms with van der Waals surface area (Å²) in [7, 11) is 2.77. The molecule has 1 aromatic rings. The van der Waals surface area contributed by atoms with Crippen molar-refractivity contribution in [2.45, 2.75) is 0 Å². The third kappa shape index (κ3) is 3.29. The molecule has 7 heteroatoms. The molecule has 0 saturated heterocycles. The first kappa shape index (κ1) is 11.0. The van der Waals surface area contributed by atoms with Crippen molar-refractivity contribution in [1.82, 2.24) is 9.97 Å². The van der Waals surface area contributed by atoms with Gasteiger partial charge in [-0.25, -0.2) is 0 Å². The fraction of sp³-hybridized carbons (Fsp3) is 0.375. The molecule has 82 valence electrons. The van der Waals surface area contributed by atoms with Crippen LogP contribution in [0.5, 0.6) is 5.88 Å². The summed E-state index contributed by atoms with van der Waals surface area (Å²) >= 11 is 0. The molecule has 0 bridgehead atoms. The number of rotatable bonds is 4. The van der Waals surface area contributed by atoms with E-state index < -0.39 is 5.97 Å². The van der Waals surface area contributed by atoms with Crippen molar-refractivity contribution in [3.63, 3.8) is 0 Å². The molecule has 0 aliphatic carbocycles. The number of ether oxygens (including phenoxy) is 2. The van der Waals surface area contributed by atoms with Gasteiger partial charge in [0.25, 0.3) is 0 Å². The molecule has 3 N–H and O–H groups in total. The highest BCUT2D eigenvalue weighted by Gasteiger charge is 2.04. The molecule has 0 saturated carbocycles. The predicted octanol–water partition coefficient (Wildman–Crippen LogP) is -0.348. The highest BCUT2D eigenvalue weighted by atomic mass is 16.5. The molecule has 1 heterocycles. The molecular weight excluding hydrogens is 200 g/mol. The third-order valence-corrected chi connectivity index (χ3v) is 1.57. The van der Waals surface area contributed by atoms with E-state index in [0.29, 0.717) is 11.7 Å². The number of hydrogen-bond acceptors (Lipinski definition) is 7. The lowest BCUT2D eigenvalue weighted by molar-refractivity contribution is -0.138. The standard InChI is InChI=1S/C8H12N4O3/c1-14-6-3-5(11-8(9)12-6)10-4-7(13)15-2/h3H,4H2,1-2H3,(H3,9,10,11,12). The molecule has 0 aliphatic heterocycles. The number of carbonyl (C=O) groups excluding carboxylic acids is 1. The lowest BCUT2D eigenvalue weighted by atomic mass is 10.5. The van der Waals surface area contributed by atoms with Gasteiger partial charge in [0, 0.05) is 6.07 Å². The molecular formula is C8H12N4O3. The van der Waals surface area contributed by atoms with E-state index in [0.717, 1.165) is 0 Å². The van der Waals surface area contributed by atoms with E-state index >= 15 is 0 Å². The minimum atomic E-state index is -0.397. The van der Waals surface area contributed by atoms with Crippen molar-refractivity contribution < 1.29 is 14.3 Å². The van der Waals surface area contributed by atoms with Gasteiger partial charge in [-0.3, -0.25) is 4.79 Å². The van der Waals surface area contributed by atoms with Crippen LogP contribution in [0.1, 0.15) is 0 Å². The quantitative estimate of drug-likeness (QED) is 0.658. The van der Waals surface area contributed by atoms with Gasteiger partial charge in [0.05, 0.1) is 14.2 Å². The Labute approximate surface area is 86.6 Å². The van der Waals surface area contributed by atoms with E-state index in [9.17, 15) is 4.79 Å². The van der Waals surface area contributed by atoms with Crippen LogP contribution in [0.3, 0.4) is 0 Å². The Morgan fingerprint density at radius 1 is 1.53 bits per heavy atom. The number of esters is 1. The second-order valence-corrected chi connectivity index (χ2v) is 2.58. The number of aromatic nitrogens is 2. The molecule has 7 nitrogen and oxygen atoms in total. The van der Waals surface area contributed by atoms with E-state index in [4.69, 9.17) is 10.5 Å². The van der Waals surface area contributed by atoms with Crippen LogP contribution in [-0.2, 0) is 9.53 Å². The van der Waals surface area contributed by atoms with Gasteiger partial charge >= 0.3 is 5.97 Å². The summed E-state index contributed by atoms with van der Waals surface area (Å²) < 4.78 is 9.33. The molecule has 0 aromatic carbocycles. The maximum absolute atomic E-state index is 10.8. The van der Waals surface area contributed by atoms with Gasteiger partial charge in [-0.05, 0) is 0 Å². The number of anilines is 2. The van der Waals surface area contributed by atoms with Gasteiger partial charge < -0.3 is 20.5 Å². The summed E-state index contributed by atoms with van der Waals surface area (Å²) in [6.45, 7) is 0.0100. The monoisotopic (exact) mass is 212 g/mol. The van der Waals surface area contributed by atoms with Crippen LogP contribution in [0.2, 0.25) is 0 Å². The first-order valence-corrected chi connectivity index (χ1v) is 4.15. The summed E-state index contributed by atoms with van der Waals surface area (Å²) in [5.41, 5.74) is 5.42. The van der Waals surface area contributed by atoms with Gasteiger partial charge in [0.15, 0.2) is 0 Å². The number of nitrogens with two attached hydrogens (primary N) is 1. The lowest BCUT2D eigenvalue weighted by Crippen LogP contribution is -2.16. The zero-order chi connectivity index (χ0) is 11.3. The number of nitrogen functional groups attached to an aromatic ring is 1. The fourth-order valence-corrected chi connectivity index (χ4v) is 0.873. The Bertz CT molecular complexity index is 356. The first-order valence-electron chi connectivity index (χ1n) is 4.15. The summed E-state index contributed by atoms with van der Waals surface area (Å²) in [5.74, 6) is 0.410. The van der Waals surface area contributed by atoms with E-state index in [2.05, 4.69) is 20.0 Å². The summed E-state index contributed by atoms with van der Waals surface area (Å²) in [4.78, 5) is 18.5. The van der Waals surface area contributed by atoms with Crippen molar-refractivity contribution in [2.24, 2.45) is 0 Å². The van der Waals surface area contributed by atoms with Crippen LogP contribution < -0.4 is 15.8 Å². The number of methoxy groups -OCH3 is 2. The molecule has 0 spiro atoms. The Balaban J connectivity index is 2.68. The van der Waals surface area contributed by atoms with Crippen molar-refractivity contribution in [3.8, 4) is 5.88 Å². The number of carbonyl (C=O) groups is 1. The van der Waals surface area contributed by atoms with E-state index in [-0.39, 0.29) is 12.5 Å². The summed E-state index contributed by atoms with van der Waals surface area (Å²) in [6.07, 6.45) is 0. The average Bonchev–Trinajstić information content (AvgIpc) is 2.25. The van der Waals surface area contributed by atoms with Crippen molar-refractivity contribution >= 4 is 17.7 Å². The second kappa shape index (κ2) is 4.99. The molecule has 0 fully saturated rings. The predicted molar refractivity (Wildman–Crippen MR) is 53.5 cm³/mol. The van der Waals surface area contributed by atoms with Crippen LogP contribution in [0.25, 0.3) is 0 Å². The summed E-state index contributed by atoms with van der Waals surface area (Å²) in [6, 6.07) is 1.53. The Morgan fingerprint density at radius 2 is 2.27 bits per heavy atom. The molecule has 0 amide bonds. The molecule has 0 unspecified atom stereocenters. The van der Waals surface area contributed by atoms with Gasteiger partial charge in [0.2, 0.25) is 11.8 Å². The van der Waals surface area contributed by atoms with Gasteiger partial charge in [-0.15, -0.1) is 0 Å². The SMILES string of the molecule is COC(=O)CNc1cc(OC)nc(N)n1. The molecule has 0 radical (unpaired) electrons. The van der Waals surface area contributed by atoms with Crippen LogP contribution in [0, 0.1) is 0 Å². The van der Waals surface area contributed by atoms with Gasteiger partial charge in [-0.2, -0.15) is 9.97 Å². The van der Waals surface area contributed by atoms with Crippen LogP contribution in [-0.4, -0.2) is 36.7 Å². The Morgan fingerprint density at radius 3 is 2.87 bits per heavy atom. The van der Waals surface area contributed by atoms with E-state index in [1.165, 1.54) is 20.3 Å². The maximum Gasteiger partial charge on any atom is 0.325 e. The second-order valence-electron chi connectivity index (χ2n) is 2.58. The highest BCUT2D eigenvalue weighted by Crippen LogP contribution is 2.13. The molecule has 15 heavy (non-hydrogen) atoms. The zero-order valence-electron chi connectivity index (χ0n) is 8.48.